The number of hydrogen-bond donors (Lipinski definition) is 3. The van der Waals surface area contributed by atoms with Crippen molar-refractivity contribution >= 4 is 17.8 Å². The molecule has 3 N–H and O–H groups in total. The summed E-state index contributed by atoms with van der Waals surface area (Å²) in [6.07, 6.45) is 2.58. The summed E-state index contributed by atoms with van der Waals surface area (Å²) in [5.74, 6) is -0.599. The Bertz CT molecular complexity index is 996. The molecule has 136 valence electrons. The van der Waals surface area contributed by atoms with Crippen LogP contribution in [0.5, 0.6) is 0 Å². The van der Waals surface area contributed by atoms with Gasteiger partial charge in [-0.1, -0.05) is 30.3 Å². The minimum absolute atomic E-state index is 0.0119. The van der Waals surface area contributed by atoms with Crippen LogP contribution in [-0.2, 0) is 10.3 Å². The van der Waals surface area contributed by atoms with Crippen molar-refractivity contribution in [3.05, 3.63) is 66.4 Å². The van der Waals surface area contributed by atoms with Crippen molar-refractivity contribution in [2.45, 2.75) is 5.54 Å². The fourth-order valence-corrected chi connectivity index (χ4v) is 2.93. The molecular formula is C18H14N4O5. The van der Waals surface area contributed by atoms with E-state index in [0.29, 0.717) is 11.3 Å². The normalized spacial score (nSPS) is 18.8. The Morgan fingerprint density at radius 3 is 2.59 bits per heavy atom. The Hall–Kier alpha value is -3.88. The molecule has 0 spiro atoms. The molecule has 0 aliphatic carbocycles. The Morgan fingerprint density at radius 1 is 1.11 bits per heavy atom. The molecule has 0 radical (unpaired) electrons. The molecule has 1 saturated heterocycles. The van der Waals surface area contributed by atoms with E-state index in [1.165, 1.54) is 6.26 Å². The lowest BCUT2D eigenvalue weighted by Gasteiger charge is -2.26. The predicted molar refractivity (Wildman–Crippen MR) is 91.3 cm³/mol. The van der Waals surface area contributed by atoms with Crippen LogP contribution < -0.4 is 16.0 Å². The van der Waals surface area contributed by atoms with Gasteiger partial charge in [0.15, 0.2) is 23.4 Å². The number of hydrogen-bond acceptors (Lipinski definition) is 6. The van der Waals surface area contributed by atoms with E-state index in [0.717, 1.165) is 6.39 Å². The summed E-state index contributed by atoms with van der Waals surface area (Å²) in [5, 5.41) is 7.45. The SMILES string of the molecule is O=C1NC(=O)C(CNC(=O)c2ncoc2-c2ccco2)(c2ccccc2)N1. The fraction of sp³-hybridized carbons (Fsp3) is 0.111. The second kappa shape index (κ2) is 6.45. The van der Waals surface area contributed by atoms with Crippen LogP contribution in [0.4, 0.5) is 4.79 Å². The highest BCUT2D eigenvalue weighted by Crippen LogP contribution is 2.26. The topological polar surface area (TPSA) is 126 Å². The van der Waals surface area contributed by atoms with E-state index in [1.807, 2.05) is 0 Å². The lowest BCUT2D eigenvalue weighted by atomic mass is 9.90. The van der Waals surface area contributed by atoms with E-state index >= 15 is 0 Å². The highest BCUT2D eigenvalue weighted by Gasteiger charge is 2.48. The van der Waals surface area contributed by atoms with E-state index in [-0.39, 0.29) is 18.0 Å². The maximum atomic E-state index is 12.6. The first-order valence-corrected chi connectivity index (χ1v) is 8.05. The summed E-state index contributed by atoms with van der Waals surface area (Å²) in [6, 6.07) is 11.3. The quantitative estimate of drug-likeness (QED) is 0.586. The van der Waals surface area contributed by atoms with Gasteiger partial charge in [0, 0.05) is 0 Å². The number of urea groups is 1. The van der Waals surface area contributed by atoms with Gasteiger partial charge in [0.2, 0.25) is 5.76 Å². The number of rotatable bonds is 5. The highest BCUT2D eigenvalue weighted by atomic mass is 16.4. The van der Waals surface area contributed by atoms with Crippen LogP contribution in [0.2, 0.25) is 0 Å². The van der Waals surface area contributed by atoms with Gasteiger partial charge in [-0.05, 0) is 17.7 Å². The minimum atomic E-state index is -1.41. The third-order valence-electron chi connectivity index (χ3n) is 4.25. The van der Waals surface area contributed by atoms with E-state index in [4.69, 9.17) is 8.83 Å². The van der Waals surface area contributed by atoms with Crippen molar-refractivity contribution in [3.63, 3.8) is 0 Å². The van der Waals surface area contributed by atoms with Crippen molar-refractivity contribution in [2.75, 3.05) is 6.54 Å². The number of imide groups is 1. The van der Waals surface area contributed by atoms with Gasteiger partial charge in [-0.3, -0.25) is 14.9 Å². The van der Waals surface area contributed by atoms with Gasteiger partial charge in [0.05, 0.1) is 12.8 Å². The smallest absolute Gasteiger partial charge is 0.322 e. The van der Waals surface area contributed by atoms with Gasteiger partial charge in [-0.2, -0.15) is 0 Å². The summed E-state index contributed by atoms with van der Waals surface area (Å²) in [4.78, 5) is 40.7. The molecule has 1 fully saturated rings. The molecular weight excluding hydrogens is 352 g/mol. The fourth-order valence-electron chi connectivity index (χ4n) is 2.93. The molecule has 0 saturated carbocycles. The van der Waals surface area contributed by atoms with Crippen molar-refractivity contribution < 1.29 is 23.2 Å². The van der Waals surface area contributed by atoms with Gasteiger partial charge >= 0.3 is 6.03 Å². The summed E-state index contributed by atoms with van der Waals surface area (Å²) in [5.41, 5.74) is -0.860. The molecule has 3 heterocycles. The van der Waals surface area contributed by atoms with E-state index in [2.05, 4.69) is 20.9 Å². The summed E-state index contributed by atoms with van der Waals surface area (Å²) in [7, 11) is 0. The van der Waals surface area contributed by atoms with Crippen molar-refractivity contribution in [2.24, 2.45) is 0 Å². The summed E-state index contributed by atoms with van der Waals surface area (Å²) >= 11 is 0. The number of aromatic nitrogens is 1. The second-order valence-electron chi connectivity index (χ2n) is 5.87. The standard InChI is InChI=1S/C18H14N4O5/c23-15(13-14(27-10-20-13)12-7-4-8-26-12)19-9-18(11-5-2-1-3-6-11)16(24)21-17(25)22-18/h1-8,10H,9H2,(H,19,23)(H2,21,22,24,25). The molecule has 2 aromatic heterocycles. The first-order chi connectivity index (χ1) is 13.1. The number of furan rings is 1. The first kappa shape index (κ1) is 16.6. The molecule has 1 aliphatic heterocycles. The third kappa shape index (κ3) is 2.84. The van der Waals surface area contributed by atoms with E-state index < -0.39 is 23.4 Å². The lowest BCUT2D eigenvalue weighted by Crippen LogP contribution is -2.52. The number of carbonyl (C=O) groups excluding carboxylic acids is 3. The Morgan fingerprint density at radius 2 is 1.93 bits per heavy atom. The van der Waals surface area contributed by atoms with Crippen LogP contribution >= 0.6 is 0 Å². The largest absolute Gasteiger partial charge is 0.461 e. The Balaban J connectivity index is 1.60. The Kier molecular flexibility index (Phi) is 3.96. The zero-order valence-corrected chi connectivity index (χ0v) is 13.9. The zero-order chi connectivity index (χ0) is 18.9. The van der Waals surface area contributed by atoms with Crippen LogP contribution in [0.25, 0.3) is 11.5 Å². The molecule has 9 nitrogen and oxygen atoms in total. The monoisotopic (exact) mass is 366 g/mol. The second-order valence-corrected chi connectivity index (χ2v) is 5.87. The van der Waals surface area contributed by atoms with Gasteiger partial charge in [-0.25, -0.2) is 9.78 Å². The van der Waals surface area contributed by atoms with Crippen molar-refractivity contribution in [3.8, 4) is 11.5 Å². The number of amides is 4. The number of benzene rings is 1. The number of carbonyl (C=O) groups is 3. The molecule has 1 aliphatic rings. The average molecular weight is 366 g/mol. The maximum Gasteiger partial charge on any atom is 0.322 e. The zero-order valence-electron chi connectivity index (χ0n) is 13.9. The predicted octanol–water partition coefficient (Wildman–Crippen LogP) is 1.40. The highest BCUT2D eigenvalue weighted by molar-refractivity contribution is 6.08. The summed E-state index contributed by atoms with van der Waals surface area (Å²) in [6.45, 7) is -0.169. The molecule has 27 heavy (non-hydrogen) atoms. The van der Waals surface area contributed by atoms with Gasteiger partial charge in [-0.15, -0.1) is 0 Å². The minimum Gasteiger partial charge on any atom is -0.461 e. The van der Waals surface area contributed by atoms with E-state index in [9.17, 15) is 14.4 Å². The Labute approximate surface area is 152 Å². The van der Waals surface area contributed by atoms with E-state index in [1.54, 1.807) is 42.5 Å². The molecule has 4 amide bonds. The molecule has 1 unspecified atom stereocenters. The molecule has 1 atom stereocenters. The maximum absolute atomic E-state index is 12.6. The molecule has 1 aromatic carbocycles. The van der Waals surface area contributed by atoms with Gasteiger partial charge < -0.3 is 19.5 Å². The molecule has 3 aromatic rings. The molecule has 4 rings (SSSR count). The van der Waals surface area contributed by atoms with Crippen LogP contribution in [0.1, 0.15) is 16.1 Å². The number of nitrogens with zero attached hydrogens (tertiary/aromatic N) is 1. The van der Waals surface area contributed by atoms with Crippen molar-refractivity contribution in [1.29, 1.82) is 0 Å². The van der Waals surface area contributed by atoms with Crippen LogP contribution in [-0.4, -0.2) is 29.4 Å². The molecule has 9 heteroatoms. The van der Waals surface area contributed by atoms with Crippen LogP contribution in [0.15, 0.2) is 64.0 Å². The van der Waals surface area contributed by atoms with Crippen molar-refractivity contribution in [1.82, 2.24) is 20.9 Å². The average Bonchev–Trinajstić information content (AvgIpc) is 3.40. The van der Waals surface area contributed by atoms with Crippen LogP contribution in [0, 0.1) is 0 Å². The first-order valence-electron chi connectivity index (χ1n) is 8.05. The van der Waals surface area contributed by atoms with Crippen LogP contribution in [0.3, 0.4) is 0 Å². The summed E-state index contributed by atoms with van der Waals surface area (Å²) < 4.78 is 10.5. The number of oxazole rings is 1. The molecule has 0 bridgehead atoms. The van der Waals surface area contributed by atoms with Gasteiger partial charge in [0.25, 0.3) is 11.8 Å². The third-order valence-corrected chi connectivity index (χ3v) is 4.25. The number of nitrogens with one attached hydrogen (secondary N) is 3. The lowest BCUT2D eigenvalue weighted by molar-refractivity contribution is -0.124. The van der Waals surface area contributed by atoms with Gasteiger partial charge in [0.1, 0.15) is 0 Å².